The molecule has 166 valence electrons. The minimum Gasteiger partial charge on any atom is -0.449 e. The molecule has 3 atom stereocenters. The van der Waals surface area contributed by atoms with Crippen LogP contribution in [0, 0.1) is 5.41 Å². The summed E-state index contributed by atoms with van der Waals surface area (Å²) in [7, 11) is 0. The van der Waals surface area contributed by atoms with Crippen molar-refractivity contribution in [3.05, 3.63) is 47.7 Å². The Hall–Kier alpha value is -3.53. The number of barbiturate groups is 1. The summed E-state index contributed by atoms with van der Waals surface area (Å²) in [6, 6.07) is 3.84. The maximum absolute atomic E-state index is 13.2. The van der Waals surface area contributed by atoms with Crippen molar-refractivity contribution < 1.29 is 28.3 Å². The van der Waals surface area contributed by atoms with Gasteiger partial charge in [0.05, 0.1) is 30.9 Å². The number of carbonyl (C=O) groups excluding carboxylic acids is 4. The highest BCUT2D eigenvalue weighted by atomic mass is 16.5. The van der Waals surface area contributed by atoms with E-state index in [-0.39, 0.29) is 24.7 Å². The Morgan fingerprint density at radius 3 is 2.66 bits per heavy atom. The van der Waals surface area contributed by atoms with Crippen molar-refractivity contribution in [2.24, 2.45) is 5.41 Å². The van der Waals surface area contributed by atoms with Gasteiger partial charge in [0.15, 0.2) is 11.2 Å². The van der Waals surface area contributed by atoms with E-state index in [1.165, 1.54) is 12.5 Å². The molecule has 0 radical (unpaired) electrons. The van der Waals surface area contributed by atoms with Crippen LogP contribution >= 0.6 is 0 Å². The van der Waals surface area contributed by atoms with Crippen molar-refractivity contribution in [2.75, 3.05) is 11.4 Å². The summed E-state index contributed by atoms with van der Waals surface area (Å²) in [5.74, 6) is -1.20. The first-order valence-corrected chi connectivity index (χ1v) is 10.4. The van der Waals surface area contributed by atoms with E-state index in [9.17, 15) is 19.2 Å². The quantitative estimate of drug-likeness (QED) is 0.536. The Morgan fingerprint density at radius 2 is 1.97 bits per heavy atom. The highest BCUT2D eigenvalue weighted by Gasteiger charge is 2.62. The molecule has 2 aromatic rings. The molecule has 32 heavy (non-hydrogen) atoms. The molecule has 2 N–H and O–H groups in total. The largest absolute Gasteiger partial charge is 0.449 e. The highest BCUT2D eigenvalue weighted by molar-refractivity contribution is 6.20. The van der Waals surface area contributed by atoms with E-state index >= 15 is 0 Å². The number of nitrogens with one attached hydrogen (secondary N) is 2. The molecule has 2 fully saturated rings. The van der Waals surface area contributed by atoms with Gasteiger partial charge in [-0.1, -0.05) is 0 Å². The number of ether oxygens (including phenoxy) is 1. The summed E-state index contributed by atoms with van der Waals surface area (Å²) in [5, 5.41) is 4.51. The maximum Gasteiger partial charge on any atom is 0.328 e. The van der Waals surface area contributed by atoms with Gasteiger partial charge in [-0.25, -0.2) is 9.78 Å². The van der Waals surface area contributed by atoms with Gasteiger partial charge in [-0.15, -0.1) is 0 Å². The van der Waals surface area contributed by atoms with Gasteiger partial charge in [0.1, 0.15) is 6.26 Å². The number of morpholine rings is 1. The van der Waals surface area contributed by atoms with E-state index in [2.05, 4.69) is 15.6 Å². The molecule has 3 aliphatic heterocycles. The fourth-order valence-electron chi connectivity index (χ4n) is 5.20. The zero-order valence-electron chi connectivity index (χ0n) is 17.6. The number of ketones is 1. The van der Waals surface area contributed by atoms with Crippen LogP contribution in [0.3, 0.4) is 0 Å². The van der Waals surface area contributed by atoms with Gasteiger partial charge in [0.25, 0.3) is 0 Å². The van der Waals surface area contributed by atoms with Gasteiger partial charge in [-0.2, -0.15) is 0 Å². The van der Waals surface area contributed by atoms with Gasteiger partial charge in [0, 0.05) is 17.8 Å². The number of urea groups is 1. The van der Waals surface area contributed by atoms with Gasteiger partial charge in [-0.3, -0.25) is 25.0 Å². The maximum atomic E-state index is 13.2. The van der Waals surface area contributed by atoms with Gasteiger partial charge < -0.3 is 14.1 Å². The first-order chi connectivity index (χ1) is 15.3. The topological polar surface area (TPSA) is 131 Å². The highest BCUT2D eigenvalue weighted by Crippen LogP contribution is 2.46. The predicted octanol–water partition coefficient (Wildman–Crippen LogP) is 0.991. The van der Waals surface area contributed by atoms with Crippen molar-refractivity contribution in [2.45, 2.75) is 44.9 Å². The summed E-state index contributed by atoms with van der Waals surface area (Å²) < 4.78 is 11.2. The Kier molecular flexibility index (Phi) is 4.63. The van der Waals surface area contributed by atoms with E-state index in [1.807, 2.05) is 24.8 Å². The van der Waals surface area contributed by atoms with Crippen LogP contribution in [0.15, 0.2) is 35.1 Å². The van der Waals surface area contributed by atoms with E-state index in [1.54, 1.807) is 12.1 Å². The number of imide groups is 2. The number of oxazole rings is 1. The predicted molar refractivity (Wildman–Crippen MR) is 110 cm³/mol. The zero-order chi connectivity index (χ0) is 22.6. The van der Waals surface area contributed by atoms with Crippen LogP contribution in [0.5, 0.6) is 0 Å². The number of rotatable bonds is 3. The number of aromatic nitrogens is 1. The van der Waals surface area contributed by atoms with Crippen LogP contribution < -0.4 is 15.5 Å². The van der Waals surface area contributed by atoms with Crippen LogP contribution in [0.1, 0.15) is 35.7 Å². The fourth-order valence-corrected chi connectivity index (χ4v) is 5.20. The second kappa shape index (κ2) is 7.27. The van der Waals surface area contributed by atoms with Crippen LogP contribution in [0.4, 0.5) is 10.5 Å². The third-order valence-electron chi connectivity index (χ3n) is 6.43. The fraction of sp³-hybridized carbons (Fsp3) is 0.409. The summed E-state index contributed by atoms with van der Waals surface area (Å²) >= 11 is 0. The summed E-state index contributed by atoms with van der Waals surface area (Å²) in [6.07, 6.45) is 2.34. The summed E-state index contributed by atoms with van der Waals surface area (Å²) in [5.41, 5.74) is 0.385. The minimum atomic E-state index is -1.56. The molecule has 1 aromatic heterocycles. The number of nitrogens with zero attached hydrogens (tertiary/aromatic N) is 2. The lowest BCUT2D eigenvalue weighted by Gasteiger charge is -2.55. The standard InChI is InChI=1S/C22H22N4O6/c1-11-10-26-15-4-3-13(16(27)8-17-23-5-6-31-17)7-14(15)9-22(18(26)12(2)32-11)19(28)24-21(30)25-20(22)29/h3-7,11-12,18H,8-10H2,1-2H3,(H2,24,25,28,29,30)/t11-,12+,18-/m1/s1. The van der Waals surface area contributed by atoms with E-state index in [0.717, 1.165) is 5.69 Å². The molecule has 10 heteroatoms. The smallest absolute Gasteiger partial charge is 0.328 e. The lowest BCUT2D eigenvalue weighted by molar-refractivity contribution is -0.153. The van der Waals surface area contributed by atoms with Crippen molar-refractivity contribution in [3.63, 3.8) is 0 Å². The second-order valence-corrected chi connectivity index (χ2v) is 8.50. The molecule has 1 spiro atoms. The minimum absolute atomic E-state index is 0.000646. The molecule has 10 nitrogen and oxygen atoms in total. The summed E-state index contributed by atoms with van der Waals surface area (Å²) in [6.45, 7) is 4.21. The van der Waals surface area contributed by atoms with Crippen LogP contribution in [-0.2, 0) is 27.2 Å². The number of fused-ring (bicyclic) bond motifs is 4. The SMILES string of the molecule is C[C@@H]1CN2c3ccc(C(=O)Cc4ncco4)cc3CC3(C(=O)NC(=O)NC3=O)[C@H]2[C@H](C)O1. The molecule has 4 amide bonds. The molecular formula is C22H22N4O6. The molecule has 4 heterocycles. The zero-order valence-corrected chi connectivity index (χ0v) is 17.6. The molecule has 3 aliphatic rings. The summed E-state index contributed by atoms with van der Waals surface area (Å²) in [4.78, 5) is 56.8. The molecule has 0 saturated carbocycles. The first kappa shape index (κ1) is 20.4. The average Bonchev–Trinajstić information content (AvgIpc) is 3.24. The van der Waals surface area contributed by atoms with Crippen molar-refractivity contribution >= 4 is 29.3 Å². The third-order valence-corrected chi connectivity index (χ3v) is 6.43. The van der Waals surface area contributed by atoms with Gasteiger partial charge in [0.2, 0.25) is 17.7 Å². The van der Waals surface area contributed by atoms with Gasteiger partial charge >= 0.3 is 6.03 Å². The molecular weight excluding hydrogens is 416 g/mol. The number of carbonyl (C=O) groups is 4. The Balaban J connectivity index is 1.59. The molecule has 0 bridgehead atoms. The van der Waals surface area contributed by atoms with Crippen LogP contribution in [-0.4, -0.2) is 53.4 Å². The number of anilines is 1. The lowest BCUT2D eigenvalue weighted by atomic mass is 9.66. The molecule has 0 unspecified atom stereocenters. The normalized spacial score (nSPS) is 26.2. The van der Waals surface area contributed by atoms with Crippen molar-refractivity contribution in [3.8, 4) is 0 Å². The van der Waals surface area contributed by atoms with Crippen LogP contribution in [0.2, 0.25) is 0 Å². The second-order valence-electron chi connectivity index (χ2n) is 8.50. The van der Waals surface area contributed by atoms with Gasteiger partial charge in [-0.05, 0) is 44.0 Å². The van der Waals surface area contributed by atoms with Crippen molar-refractivity contribution in [1.29, 1.82) is 0 Å². The Labute approximate surface area is 183 Å². The monoisotopic (exact) mass is 438 g/mol. The third kappa shape index (κ3) is 3.01. The van der Waals surface area contributed by atoms with E-state index < -0.39 is 35.4 Å². The first-order valence-electron chi connectivity index (χ1n) is 10.4. The van der Waals surface area contributed by atoms with Crippen molar-refractivity contribution in [1.82, 2.24) is 15.6 Å². The number of amides is 4. The lowest BCUT2D eigenvalue weighted by Crippen LogP contribution is -2.75. The Bertz CT molecular complexity index is 1110. The number of Topliss-reactive ketones (excluding diaryl/α,β-unsaturated/α-hetero) is 1. The number of hydrogen-bond donors (Lipinski definition) is 2. The Morgan fingerprint density at radius 1 is 1.22 bits per heavy atom. The van der Waals surface area contributed by atoms with Crippen LogP contribution in [0.25, 0.3) is 0 Å². The molecule has 2 saturated heterocycles. The number of hydrogen-bond acceptors (Lipinski definition) is 8. The number of benzene rings is 1. The van der Waals surface area contributed by atoms with E-state index in [0.29, 0.717) is 23.6 Å². The molecule has 5 rings (SSSR count). The average molecular weight is 438 g/mol. The molecule has 0 aliphatic carbocycles. The molecule has 1 aromatic carbocycles. The van der Waals surface area contributed by atoms with E-state index in [4.69, 9.17) is 9.15 Å².